The van der Waals surface area contributed by atoms with Crippen LogP contribution in [0.3, 0.4) is 0 Å². The molecule has 3 fully saturated rings. The van der Waals surface area contributed by atoms with E-state index in [1.54, 1.807) is 16.9 Å². The van der Waals surface area contributed by atoms with Gasteiger partial charge in [0.15, 0.2) is 0 Å². The van der Waals surface area contributed by atoms with Crippen LogP contribution in [0.15, 0.2) is 24.7 Å². The molecule has 3 heterocycles. The summed E-state index contributed by atoms with van der Waals surface area (Å²) in [6, 6.07) is -1.03. The lowest BCUT2D eigenvalue weighted by Gasteiger charge is -2.27. The molecule has 3 aliphatic rings. The number of carbonyl (C=O) groups is 3. The average Bonchev–Trinajstić information content (AvgIpc) is 3.73. The molecule has 0 aromatic carbocycles. The van der Waals surface area contributed by atoms with Gasteiger partial charge in [0.2, 0.25) is 11.8 Å². The predicted molar refractivity (Wildman–Crippen MR) is 130 cm³/mol. The highest BCUT2D eigenvalue weighted by Crippen LogP contribution is 2.51. The van der Waals surface area contributed by atoms with Gasteiger partial charge in [0.1, 0.15) is 17.8 Å². The van der Waals surface area contributed by atoms with Crippen molar-refractivity contribution in [3.05, 3.63) is 30.4 Å². The van der Waals surface area contributed by atoms with Crippen molar-refractivity contribution in [2.75, 3.05) is 5.32 Å². The van der Waals surface area contributed by atoms with Crippen LogP contribution in [-0.2, 0) is 16.1 Å². The third-order valence-corrected chi connectivity index (χ3v) is 7.59. The second kappa shape index (κ2) is 10.1. The Morgan fingerprint density at radius 1 is 1.16 bits per heavy atom. The molecule has 38 heavy (non-hydrogen) atoms. The number of anilines is 1. The van der Waals surface area contributed by atoms with E-state index in [1.165, 1.54) is 17.1 Å². The standard InChI is InChI=1S/C25H32F3N7O3/c1-13(2)35-18(7-8-29-35)23(37)33-21(20(14-3-4-14)15-5-6-15)24(38)31-17-10-30-34(12-17)11-16-9-19(25(26,27)28)32-22(16)36/h7-8,10,12-16,19-21H,3-6,9,11H2,1-2H3,(H,31,38)(H,32,36)(H,33,37)/t16-,19-,21?/m1/s1. The number of hydrogen-bond acceptors (Lipinski definition) is 5. The fourth-order valence-corrected chi connectivity index (χ4v) is 5.44. The second-order valence-corrected chi connectivity index (χ2v) is 10.9. The summed E-state index contributed by atoms with van der Waals surface area (Å²) >= 11 is 0. The minimum absolute atomic E-state index is 0.0194. The number of halogens is 3. The van der Waals surface area contributed by atoms with Crippen LogP contribution in [0.4, 0.5) is 18.9 Å². The quantitative estimate of drug-likeness (QED) is 0.432. The van der Waals surface area contributed by atoms with Crippen molar-refractivity contribution in [1.82, 2.24) is 30.2 Å². The van der Waals surface area contributed by atoms with Gasteiger partial charge in [0.05, 0.1) is 24.3 Å². The summed E-state index contributed by atoms with van der Waals surface area (Å²) < 4.78 is 41.9. The number of amides is 3. The van der Waals surface area contributed by atoms with E-state index in [-0.39, 0.29) is 36.7 Å². The van der Waals surface area contributed by atoms with Gasteiger partial charge in [0, 0.05) is 18.4 Å². The number of nitrogens with zero attached hydrogens (tertiary/aromatic N) is 4. The number of carbonyl (C=O) groups excluding carboxylic acids is 3. The van der Waals surface area contributed by atoms with Crippen LogP contribution >= 0.6 is 0 Å². The molecule has 5 rings (SSSR count). The summed E-state index contributed by atoms with van der Waals surface area (Å²) in [4.78, 5) is 38.8. The van der Waals surface area contributed by atoms with Gasteiger partial charge in [-0.25, -0.2) is 0 Å². The Morgan fingerprint density at radius 3 is 2.42 bits per heavy atom. The molecule has 206 valence electrons. The van der Waals surface area contributed by atoms with Crippen molar-refractivity contribution in [2.24, 2.45) is 23.7 Å². The molecule has 0 spiro atoms. The van der Waals surface area contributed by atoms with Crippen LogP contribution < -0.4 is 16.0 Å². The average molecular weight is 536 g/mol. The summed E-state index contributed by atoms with van der Waals surface area (Å²) in [6.07, 6.45) is 3.64. The summed E-state index contributed by atoms with van der Waals surface area (Å²) in [6.45, 7) is 3.79. The van der Waals surface area contributed by atoms with Crippen molar-refractivity contribution in [3.8, 4) is 0 Å². The minimum Gasteiger partial charge on any atom is -0.344 e. The van der Waals surface area contributed by atoms with Gasteiger partial charge in [-0.1, -0.05) is 0 Å². The van der Waals surface area contributed by atoms with Crippen molar-refractivity contribution >= 4 is 23.4 Å². The highest BCUT2D eigenvalue weighted by Gasteiger charge is 2.49. The monoisotopic (exact) mass is 535 g/mol. The molecule has 2 aromatic rings. The lowest BCUT2D eigenvalue weighted by atomic mass is 9.88. The normalized spacial score (nSPS) is 22.6. The first-order valence-electron chi connectivity index (χ1n) is 13.1. The largest absolute Gasteiger partial charge is 0.408 e. The number of alkyl halides is 3. The maximum atomic E-state index is 13.5. The minimum atomic E-state index is -4.50. The lowest BCUT2D eigenvalue weighted by Crippen LogP contribution is -2.50. The molecule has 1 aliphatic heterocycles. The maximum Gasteiger partial charge on any atom is 0.408 e. The Kier molecular flexibility index (Phi) is 6.95. The van der Waals surface area contributed by atoms with Crippen LogP contribution in [-0.4, -0.2) is 55.5 Å². The summed E-state index contributed by atoms with van der Waals surface area (Å²) in [5.41, 5.74) is 0.723. The molecular weight excluding hydrogens is 503 g/mol. The van der Waals surface area contributed by atoms with E-state index in [2.05, 4.69) is 20.8 Å². The third kappa shape index (κ3) is 5.70. The SMILES string of the molecule is CC(C)n1nccc1C(=O)NC(C(=O)Nc1cnn(C[C@H]2C[C@H](C(F)(F)F)NC2=O)c1)C(C1CC1)C1CC1. The molecule has 13 heteroatoms. The number of aromatic nitrogens is 4. The Balaban J connectivity index is 1.28. The Bertz CT molecular complexity index is 1190. The summed E-state index contributed by atoms with van der Waals surface area (Å²) in [5, 5.41) is 16.1. The number of nitrogens with one attached hydrogen (secondary N) is 3. The zero-order chi connectivity index (χ0) is 27.2. The molecule has 3 amide bonds. The summed E-state index contributed by atoms with van der Waals surface area (Å²) in [7, 11) is 0. The smallest absolute Gasteiger partial charge is 0.344 e. The van der Waals surface area contributed by atoms with E-state index in [0.717, 1.165) is 25.7 Å². The van der Waals surface area contributed by atoms with E-state index in [1.807, 2.05) is 19.2 Å². The Morgan fingerprint density at radius 2 is 1.84 bits per heavy atom. The van der Waals surface area contributed by atoms with Crippen molar-refractivity contribution in [1.29, 1.82) is 0 Å². The van der Waals surface area contributed by atoms with E-state index < -0.39 is 30.1 Å². The molecule has 2 aromatic heterocycles. The third-order valence-electron chi connectivity index (χ3n) is 7.59. The molecule has 1 saturated heterocycles. The number of hydrogen-bond donors (Lipinski definition) is 3. The summed E-state index contributed by atoms with van der Waals surface area (Å²) in [5.74, 6) is -1.52. The molecule has 2 aliphatic carbocycles. The van der Waals surface area contributed by atoms with Crippen LogP contribution in [0.5, 0.6) is 0 Å². The van der Waals surface area contributed by atoms with Crippen molar-refractivity contribution < 1.29 is 27.6 Å². The molecule has 2 saturated carbocycles. The van der Waals surface area contributed by atoms with Gasteiger partial charge >= 0.3 is 6.18 Å². The van der Waals surface area contributed by atoms with Crippen LogP contribution in [0.25, 0.3) is 0 Å². The van der Waals surface area contributed by atoms with Crippen molar-refractivity contribution in [2.45, 2.75) is 76.8 Å². The predicted octanol–water partition coefficient (Wildman–Crippen LogP) is 2.90. The molecule has 0 bridgehead atoms. The van der Waals surface area contributed by atoms with Crippen LogP contribution in [0.1, 0.15) is 62.5 Å². The van der Waals surface area contributed by atoms with E-state index in [4.69, 9.17) is 0 Å². The molecule has 1 unspecified atom stereocenters. The lowest BCUT2D eigenvalue weighted by molar-refractivity contribution is -0.155. The van der Waals surface area contributed by atoms with Gasteiger partial charge < -0.3 is 16.0 Å². The second-order valence-electron chi connectivity index (χ2n) is 10.9. The van der Waals surface area contributed by atoms with Gasteiger partial charge in [-0.05, 0) is 69.8 Å². The van der Waals surface area contributed by atoms with Gasteiger partial charge in [0.25, 0.3) is 5.91 Å². The maximum absolute atomic E-state index is 13.5. The zero-order valence-electron chi connectivity index (χ0n) is 21.2. The molecular formula is C25H32F3N7O3. The number of rotatable bonds is 10. The molecule has 3 N–H and O–H groups in total. The van der Waals surface area contributed by atoms with E-state index in [0.29, 0.717) is 23.2 Å². The first-order valence-corrected chi connectivity index (χ1v) is 13.1. The highest BCUT2D eigenvalue weighted by molar-refractivity contribution is 6.00. The Labute approximate surface area is 217 Å². The molecule has 0 radical (unpaired) electrons. The first kappa shape index (κ1) is 26.2. The van der Waals surface area contributed by atoms with Gasteiger partial charge in [-0.15, -0.1) is 0 Å². The van der Waals surface area contributed by atoms with Gasteiger partial charge in [-0.2, -0.15) is 23.4 Å². The fourth-order valence-electron chi connectivity index (χ4n) is 5.44. The fraction of sp³-hybridized carbons (Fsp3) is 0.640. The van der Waals surface area contributed by atoms with E-state index in [9.17, 15) is 27.6 Å². The van der Waals surface area contributed by atoms with Crippen molar-refractivity contribution in [3.63, 3.8) is 0 Å². The Hall–Kier alpha value is -3.38. The molecule has 3 atom stereocenters. The van der Waals surface area contributed by atoms with E-state index >= 15 is 0 Å². The van der Waals surface area contributed by atoms with Gasteiger partial charge in [-0.3, -0.25) is 23.7 Å². The molecule has 10 nitrogen and oxygen atoms in total. The zero-order valence-corrected chi connectivity index (χ0v) is 21.2. The van der Waals surface area contributed by atoms with Crippen LogP contribution in [0, 0.1) is 23.7 Å². The topological polar surface area (TPSA) is 123 Å². The first-order chi connectivity index (χ1) is 18.0. The van der Waals surface area contributed by atoms with Crippen LogP contribution in [0.2, 0.25) is 0 Å². The highest BCUT2D eigenvalue weighted by atomic mass is 19.4.